The molecule has 0 saturated carbocycles. The van der Waals surface area contributed by atoms with Crippen LogP contribution in [0.3, 0.4) is 0 Å². The van der Waals surface area contributed by atoms with Crippen molar-refractivity contribution < 1.29 is 32.3 Å². The van der Waals surface area contributed by atoms with Gasteiger partial charge in [0.1, 0.15) is 5.58 Å². The Kier molecular flexibility index (Phi) is 5.72. The van der Waals surface area contributed by atoms with Gasteiger partial charge in [0.05, 0.1) is 17.4 Å². The first-order chi connectivity index (χ1) is 12.1. The number of carboxylic acid groups (broad SMARTS) is 1. The predicted molar refractivity (Wildman–Crippen MR) is 93.5 cm³/mol. The SMILES string of the molecule is CCOC(=O)c1oc2ccc(S(=O)(=O)N(C)CC(C)C(=O)O)cc2c1C. The molecule has 2 aromatic rings. The van der Waals surface area contributed by atoms with E-state index in [0.717, 1.165) is 4.31 Å². The molecular weight excluding hydrogens is 362 g/mol. The smallest absolute Gasteiger partial charge is 0.374 e. The van der Waals surface area contributed by atoms with Crippen LogP contribution in [0.15, 0.2) is 27.5 Å². The van der Waals surface area contributed by atoms with Crippen LogP contribution in [-0.2, 0) is 19.6 Å². The van der Waals surface area contributed by atoms with Crippen LogP contribution in [0.4, 0.5) is 0 Å². The third-order valence-corrected chi connectivity index (χ3v) is 5.85. The molecule has 0 amide bonds. The van der Waals surface area contributed by atoms with Crippen molar-refractivity contribution >= 4 is 32.9 Å². The van der Waals surface area contributed by atoms with Crippen molar-refractivity contribution in [1.29, 1.82) is 0 Å². The lowest BCUT2D eigenvalue weighted by molar-refractivity contribution is -0.141. The lowest BCUT2D eigenvalue weighted by Crippen LogP contribution is -2.33. The van der Waals surface area contributed by atoms with Crippen molar-refractivity contribution in [1.82, 2.24) is 4.31 Å². The standard InChI is InChI=1S/C17H21NO7S/c1-5-24-17(21)15-11(3)13-8-12(6-7-14(13)25-15)26(22,23)18(4)9-10(2)16(19)20/h6-8,10H,5,9H2,1-4H3,(H,19,20). The van der Waals surface area contributed by atoms with Crippen molar-refractivity contribution in [2.45, 2.75) is 25.7 Å². The van der Waals surface area contributed by atoms with E-state index < -0.39 is 27.9 Å². The van der Waals surface area contributed by atoms with Crippen molar-refractivity contribution in [3.8, 4) is 0 Å². The van der Waals surface area contributed by atoms with Crippen LogP contribution in [-0.4, -0.2) is 50.0 Å². The van der Waals surface area contributed by atoms with E-state index in [1.807, 2.05) is 0 Å². The second kappa shape index (κ2) is 7.46. The van der Waals surface area contributed by atoms with Crippen LogP contribution < -0.4 is 0 Å². The molecule has 0 radical (unpaired) electrons. The summed E-state index contributed by atoms with van der Waals surface area (Å²) >= 11 is 0. The average Bonchev–Trinajstić information content (AvgIpc) is 2.91. The summed E-state index contributed by atoms with van der Waals surface area (Å²) in [4.78, 5) is 22.9. The number of carbonyl (C=O) groups excluding carboxylic acids is 1. The molecule has 142 valence electrons. The lowest BCUT2D eigenvalue weighted by atomic mass is 10.1. The third kappa shape index (κ3) is 3.73. The maximum absolute atomic E-state index is 12.7. The summed E-state index contributed by atoms with van der Waals surface area (Å²) in [6, 6.07) is 4.23. The molecule has 8 nitrogen and oxygen atoms in total. The van der Waals surface area contributed by atoms with Crippen LogP contribution in [0.5, 0.6) is 0 Å². The minimum Gasteiger partial charge on any atom is -0.481 e. The Hall–Kier alpha value is -2.39. The largest absolute Gasteiger partial charge is 0.481 e. The highest BCUT2D eigenvalue weighted by Crippen LogP contribution is 2.29. The molecule has 0 aliphatic heterocycles. The first kappa shape index (κ1) is 19.9. The van der Waals surface area contributed by atoms with E-state index in [1.165, 1.54) is 32.2 Å². The highest BCUT2D eigenvalue weighted by atomic mass is 32.2. The molecule has 1 aromatic heterocycles. The number of hydrogen-bond acceptors (Lipinski definition) is 6. The molecule has 0 spiro atoms. The van der Waals surface area contributed by atoms with Crippen molar-refractivity contribution in [3.05, 3.63) is 29.5 Å². The number of rotatable bonds is 7. The van der Waals surface area contributed by atoms with E-state index in [2.05, 4.69) is 0 Å². The minimum atomic E-state index is -3.88. The van der Waals surface area contributed by atoms with Gasteiger partial charge in [0, 0.05) is 24.5 Å². The molecule has 1 heterocycles. The topological polar surface area (TPSA) is 114 Å². The highest BCUT2D eigenvalue weighted by Gasteiger charge is 2.26. The Morgan fingerprint density at radius 3 is 2.58 bits per heavy atom. The lowest BCUT2D eigenvalue weighted by Gasteiger charge is -2.19. The molecule has 0 saturated heterocycles. The summed E-state index contributed by atoms with van der Waals surface area (Å²) in [6.45, 7) is 4.79. The fourth-order valence-electron chi connectivity index (χ4n) is 2.49. The van der Waals surface area contributed by atoms with E-state index in [-0.39, 0.29) is 23.8 Å². The van der Waals surface area contributed by atoms with Gasteiger partial charge >= 0.3 is 11.9 Å². The molecule has 0 fully saturated rings. The molecule has 9 heteroatoms. The monoisotopic (exact) mass is 383 g/mol. The number of carboxylic acids is 1. The molecule has 1 aromatic carbocycles. The maximum Gasteiger partial charge on any atom is 0.374 e. The van der Waals surface area contributed by atoms with Gasteiger partial charge in [-0.3, -0.25) is 4.79 Å². The predicted octanol–water partition coefficient (Wildman–Crippen LogP) is 2.26. The summed E-state index contributed by atoms with van der Waals surface area (Å²) in [6.07, 6.45) is 0. The molecule has 0 bridgehead atoms. The molecular formula is C17H21NO7S. The zero-order valence-electron chi connectivity index (χ0n) is 15.0. The van der Waals surface area contributed by atoms with Gasteiger partial charge in [-0.1, -0.05) is 6.92 Å². The number of fused-ring (bicyclic) bond motifs is 1. The zero-order chi connectivity index (χ0) is 19.6. The first-order valence-corrected chi connectivity index (χ1v) is 9.43. The summed E-state index contributed by atoms with van der Waals surface area (Å²) < 4.78 is 36.8. The second-order valence-corrected chi connectivity index (χ2v) is 8.00. The summed E-state index contributed by atoms with van der Waals surface area (Å²) in [5.74, 6) is -2.50. The molecule has 1 unspecified atom stereocenters. The number of nitrogens with zero attached hydrogens (tertiary/aromatic N) is 1. The van der Waals surface area contributed by atoms with E-state index in [1.54, 1.807) is 13.8 Å². The Labute approximate surface area is 151 Å². The number of esters is 1. The van der Waals surface area contributed by atoms with E-state index in [4.69, 9.17) is 14.3 Å². The summed E-state index contributed by atoms with van der Waals surface area (Å²) in [5, 5.41) is 9.45. The van der Waals surface area contributed by atoms with Crippen LogP contribution >= 0.6 is 0 Å². The molecule has 0 aliphatic rings. The van der Waals surface area contributed by atoms with Gasteiger partial charge in [-0.05, 0) is 32.0 Å². The summed E-state index contributed by atoms with van der Waals surface area (Å²) in [5.41, 5.74) is 0.850. The van der Waals surface area contributed by atoms with Gasteiger partial charge < -0.3 is 14.3 Å². The number of carbonyl (C=O) groups is 2. The average molecular weight is 383 g/mol. The number of ether oxygens (including phenoxy) is 1. The quantitative estimate of drug-likeness (QED) is 0.729. The van der Waals surface area contributed by atoms with E-state index in [0.29, 0.717) is 16.5 Å². The van der Waals surface area contributed by atoms with Gasteiger partial charge in [0.25, 0.3) is 0 Å². The molecule has 26 heavy (non-hydrogen) atoms. The van der Waals surface area contributed by atoms with E-state index in [9.17, 15) is 18.0 Å². The summed E-state index contributed by atoms with van der Waals surface area (Å²) in [7, 11) is -2.56. The van der Waals surface area contributed by atoms with Crippen molar-refractivity contribution in [2.24, 2.45) is 5.92 Å². The number of hydrogen-bond donors (Lipinski definition) is 1. The van der Waals surface area contributed by atoms with Gasteiger partial charge in [-0.2, -0.15) is 0 Å². The van der Waals surface area contributed by atoms with Gasteiger partial charge in [0.2, 0.25) is 15.8 Å². The second-order valence-electron chi connectivity index (χ2n) is 5.96. The van der Waals surface area contributed by atoms with Crippen LogP contribution in [0.1, 0.15) is 30.0 Å². The normalized spacial score (nSPS) is 13.1. The van der Waals surface area contributed by atoms with E-state index >= 15 is 0 Å². The van der Waals surface area contributed by atoms with Gasteiger partial charge in [-0.25, -0.2) is 17.5 Å². The van der Waals surface area contributed by atoms with Crippen LogP contribution in [0.2, 0.25) is 0 Å². The molecule has 2 rings (SSSR count). The fraction of sp³-hybridized carbons (Fsp3) is 0.412. The number of sulfonamides is 1. The van der Waals surface area contributed by atoms with Gasteiger partial charge in [0.15, 0.2) is 0 Å². The van der Waals surface area contributed by atoms with Crippen molar-refractivity contribution in [3.63, 3.8) is 0 Å². The highest BCUT2D eigenvalue weighted by molar-refractivity contribution is 7.89. The van der Waals surface area contributed by atoms with Gasteiger partial charge in [-0.15, -0.1) is 0 Å². The number of furan rings is 1. The third-order valence-electron chi connectivity index (χ3n) is 4.03. The number of benzene rings is 1. The molecule has 0 aliphatic carbocycles. The minimum absolute atomic E-state index is 0.00982. The number of aryl methyl sites for hydroxylation is 1. The molecule has 1 N–H and O–H groups in total. The Balaban J connectivity index is 2.42. The van der Waals surface area contributed by atoms with Crippen LogP contribution in [0, 0.1) is 12.8 Å². The Bertz CT molecular complexity index is 945. The molecule has 1 atom stereocenters. The Morgan fingerprint density at radius 2 is 2.00 bits per heavy atom. The maximum atomic E-state index is 12.7. The van der Waals surface area contributed by atoms with Crippen molar-refractivity contribution in [2.75, 3.05) is 20.2 Å². The number of aliphatic carboxylic acids is 1. The first-order valence-electron chi connectivity index (χ1n) is 7.99. The fourth-order valence-corrected chi connectivity index (χ4v) is 3.78. The Morgan fingerprint density at radius 1 is 1.35 bits per heavy atom. The zero-order valence-corrected chi connectivity index (χ0v) is 15.8. The van der Waals surface area contributed by atoms with Crippen LogP contribution in [0.25, 0.3) is 11.0 Å².